The van der Waals surface area contributed by atoms with Crippen LogP contribution < -0.4 is 0 Å². The number of aromatic nitrogens is 4. The molecule has 78 valence electrons. The van der Waals surface area contributed by atoms with E-state index in [2.05, 4.69) is 21.9 Å². The molecule has 2 rings (SSSR count). The van der Waals surface area contributed by atoms with Gasteiger partial charge in [0.25, 0.3) is 0 Å². The van der Waals surface area contributed by atoms with Crippen molar-refractivity contribution in [2.75, 3.05) is 0 Å². The van der Waals surface area contributed by atoms with Gasteiger partial charge in [-0.3, -0.25) is 4.57 Å². The van der Waals surface area contributed by atoms with Crippen LogP contribution in [0.2, 0.25) is 0 Å². The minimum Gasteiger partial charge on any atom is -0.272 e. The number of rotatable bonds is 3. The summed E-state index contributed by atoms with van der Waals surface area (Å²) < 4.78 is 1.94. The first-order valence-electron chi connectivity index (χ1n) is 5.13. The zero-order valence-corrected chi connectivity index (χ0v) is 9.01. The third-order valence-corrected chi connectivity index (χ3v) is 2.19. The molecule has 0 saturated carbocycles. The van der Waals surface area contributed by atoms with Gasteiger partial charge in [-0.2, -0.15) is 0 Å². The van der Waals surface area contributed by atoms with E-state index in [0.29, 0.717) is 5.95 Å². The lowest BCUT2D eigenvalue weighted by atomic mass is 10.3. The quantitative estimate of drug-likeness (QED) is 0.763. The van der Waals surface area contributed by atoms with Crippen molar-refractivity contribution in [3.05, 3.63) is 36.2 Å². The minimum atomic E-state index is 0.705. The molecule has 2 aromatic heterocycles. The van der Waals surface area contributed by atoms with Crippen LogP contribution in [0.5, 0.6) is 0 Å². The van der Waals surface area contributed by atoms with Gasteiger partial charge in [-0.25, -0.2) is 15.0 Å². The third-order valence-electron chi connectivity index (χ3n) is 2.19. The maximum absolute atomic E-state index is 4.37. The molecule has 2 aromatic rings. The Bertz CT molecular complexity index is 447. The van der Waals surface area contributed by atoms with Crippen LogP contribution in [0, 0.1) is 6.92 Å². The predicted octanol–water partition coefficient (Wildman–Crippen LogP) is 1.92. The van der Waals surface area contributed by atoms with E-state index in [-0.39, 0.29) is 0 Å². The molecule has 0 spiro atoms. The molecule has 0 radical (unpaired) electrons. The lowest BCUT2D eigenvalue weighted by Gasteiger charge is -2.04. The second-order valence-corrected chi connectivity index (χ2v) is 3.46. The van der Waals surface area contributed by atoms with Gasteiger partial charge in [0.2, 0.25) is 5.95 Å². The Kier molecular flexibility index (Phi) is 2.76. The summed E-state index contributed by atoms with van der Waals surface area (Å²) in [6.07, 6.45) is 7.48. The van der Waals surface area contributed by atoms with E-state index in [1.54, 1.807) is 12.4 Å². The van der Waals surface area contributed by atoms with E-state index in [4.69, 9.17) is 0 Å². The van der Waals surface area contributed by atoms with E-state index in [9.17, 15) is 0 Å². The van der Waals surface area contributed by atoms with Gasteiger partial charge in [0.15, 0.2) is 0 Å². The highest BCUT2D eigenvalue weighted by Gasteiger charge is 2.05. The Hall–Kier alpha value is -1.71. The summed E-state index contributed by atoms with van der Waals surface area (Å²) in [6.45, 7) is 4.09. The van der Waals surface area contributed by atoms with Crippen LogP contribution in [0.1, 0.15) is 24.9 Å². The molecule has 0 atom stereocenters. The van der Waals surface area contributed by atoms with E-state index >= 15 is 0 Å². The first-order valence-corrected chi connectivity index (χ1v) is 5.13. The summed E-state index contributed by atoms with van der Waals surface area (Å²) in [5, 5.41) is 0. The molecule has 0 saturated heterocycles. The number of hydrogen-bond donors (Lipinski definition) is 0. The number of hydrogen-bond acceptors (Lipinski definition) is 3. The molecule has 0 aliphatic carbocycles. The number of nitrogens with zero attached hydrogens (tertiary/aromatic N) is 4. The molecule has 0 fully saturated rings. The molecule has 0 bridgehead atoms. The van der Waals surface area contributed by atoms with Gasteiger partial charge in [0.05, 0.1) is 0 Å². The summed E-state index contributed by atoms with van der Waals surface area (Å²) >= 11 is 0. The fraction of sp³-hybridized carbons (Fsp3) is 0.364. The maximum Gasteiger partial charge on any atom is 0.235 e. The van der Waals surface area contributed by atoms with Crippen molar-refractivity contribution < 1.29 is 0 Å². The minimum absolute atomic E-state index is 0.705. The van der Waals surface area contributed by atoms with Crippen LogP contribution in [0.15, 0.2) is 24.7 Å². The summed E-state index contributed by atoms with van der Waals surface area (Å²) in [4.78, 5) is 12.9. The Labute approximate surface area is 89.0 Å². The smallest absolute Gasteiger partial charge is 0.235 e. The van der Waals surface area contributed by atoms with Crippen molar-refractivity contribution in [1.82, 2.24) is 19.5 Å². The van der Waals surface area contributed by atoms with E-state index in [0.717, 1.165) is 24.4 Å². The summed E-state index contributed by atoms with van der Waals surface area (Å²) in [6, 6.07) is 1.89. The average Bonchev–Trinajstić information content (AvgIpc) is 2.66. The van der Waals surface area contributed by atoms with Crippen molar-refractivity contribution in [1.29, 1.82) is 0 Å². The monoisotopic (exact) mass is 202 g/mol. The largest absolute Gasteiger partial charge is 0.272 e. The van der Waals surface area contributed by atoms with Crippen LogP contribution in [0.25, 0.3) is 5.95 Å². The summed E-state index contributed by atoms with van der Waals surface area (Å²) in [7, 11) is 0. The molecule has 15 heavy (non-hydrogen) atoms. The van der Waals surface area contributed by atoms with E-state index < -0.39 is 0 Å². The highest BCUT2D eigenvalue weighted by Crippen LogP contribution is 2.07. The van der Waals surface area contributed by atoms with Crippen LogP contribution in [0.3, 0.4) is 0 Å². The molecular formula is C11H14N4. The van der Waals surface area contributed by atoms with Crippen molar-refractivity contribution >= 4 is 0 Å². The molecular weight excluding hydrogens is 188 g/mol. The van der Waals surface area contributed by atoms with Crippen LogP contribution in [0.4, 0.5) is 0 Å². The Morgan fingerprint density at radius 3 is 2.87 bits per heavy atom. The number of aryl methyl sites for hydroxylation is 2. The standard InChI is InChI=1S/C11H14N4/c1-3-4-10-12-7-8-15(10)11-13-6-5-9(2)14-11/h5-8H,3-4H2,1-2H3. The molecule has 4 nitrogen and oxygen atoms in total. The molecule has 2 heterocycles. The highest BCUT2D eigenvalue weighted by molar-refractivity contribution is 5.17. The Morgan fingerprint density at radius 1 is 1.27 bits per heavy atom. The van der Waals surface area contributed by atoms with Gasteiger partial charge in [0, 0.05) is 30.7 Å². The fourth-order valence-electron chi connectivity index (χ4n) is 1.48. The molecule has 0 amide bonds. The van der Waals surface area contributed by atoms with Crippen LogP contribution >= 0.6 is 0 Å². The Balaban J connectivity index is 2.40. The lowest BCUT2D eigenvalue weighted by Crippen LogP contribution is -2.05. The van der Waals surface area contributed by atoms with Gasteiger partial charge < -0.3 is 0 Å². The van der Waals surface area contributed by atoms with E-state index in [1.807, 2.05) is 23.8 Å². The van der Waals surface area contributed by atoms with Gasteiger partial charge in [0.1, 0.15) is 5.82 Å². The van der Waals surface area contributed by atoms with Gasteiger partial charge in [-0.15, -0.1) is 0 Å². The SMILES string of the molecule is CCCc1nccn1-c1nccc(C)n1. The molecule has 0 aromatic carbocycles. The van der Waals surface area contributed by atoms with E-state index in [1.165, 1.54) is 0 Å². The summed E-state index contributed by atoms with van der Waals surface area (Å²) in [5.74, 6) is 1.72. The molecule has 0 N–H and O–H groups in total. The van der Waals surface area contributed by atoms with Crippen molar-refractivity contribution in [2.45, 2.75) is 26.7 Å². The van der Waals surface area contributed by atoms with Crippen LogP contribution in [-0.2, 0) is 6.42 Å². The molecule has 0 aliphatic heterocycles. The first-order chi connectivity index (χ1) is 7.31. The van der Waals surface area contributed by atoms with Crippen molar-refractivity contribution in [3.8, 4) is 5.95 Å². The Morgan fingerprint density at radius 2 is 2.13 bits per heavy atom. The van der Waals surface area contributed by atoms with Gasteiger partial charge in [-0.05, 0) is 19.4 Å². The molecule has 0 unspecified atom stereocenters. The van der Waals surface area contributed by atoms with Crippen molar-refractivity contribution in [3.63, 3.8) is 0 Å². The van der Waals surface area contributed by atoms with Gasteiger partial charge >= 0.3 is 0 Å². The fourth-order valence-corrected chi connectivity index (χ4v) is 1.48. The highest BCUT2D eigenvalue weighted by atomic mass is 15.2. The van der Waals surface area contributed by atoms with Crippen LogP contribution in [-0.4, -0.2) is 19.5 Å². The topological polar surface area (TPSA) is 43.6 Å². The van der Waals surface area contributed by atoms with Gasteiger partial charge in [-0.1, -0.05) is 6.92 Å². The second-order valence-electron chi connectivity index (χ2n) is 3.46. The third kappa shape index (κ3) is 2.03. The average molecular weight is 202 g/mol. The summed E-state index contributed by atoms with van der Waals surface area (Å²) in [5.41, 5.74) is 0.969. The maximum atomic E-state index is 4.37. The number of imidazole rings is 1. The predicted molar refractivity (Wildman–Crippen MR) is 57.9 cm³/mol. The normalized spacial score (nSPS) is 10.5. The zero-order valence-electron chi connectivity index (χ0n) is 9.01. The molecule has 0 aliphatic rings. The lowest BCUT2D eigenvalue weighted by molar-refractivity contribution is 0.779. The second kappa shape index (κ2) is 4.21. The zero-order chi connectivity index (χ0) is 10.7. The first kappa shape index (κ1) is 9.83. The van der Waals surface area contributed by atoms with Crippen molar-refractivity contribution in [2.24, 2.45) is 0 Å². The molecule has 4 heteroatoms.